The molecule has 7 nitrogen and oxygen atoms in total. The van der Waals surface area contributed by atoms with Crippen LogP contribution in [0.3, 0.4) is 0 Å². The molecule has 2 aromatic rings. The molecule has 1 amide bonds. The van der Waals surface area contributed by atoms with Crippen molar-refractivity contribution in [2.24, 2.45) is 0 Å². The van der Waals surface area contributed by atoms with E-state index in [9.17, 15) is 9.59 Å². The summed E-state index contributed by atoms with van der Waals surface area (Å²) in [5.41, 5.74) is 0.669. The fourth-order valence-electron chi connectivity index (χ4n) is 2.29. The van der Waals surface area contributed by atoms with Crippen molar-refractivity contribution >= 4 is 23.0 Å². The van der Waals surface area contributed by atoms with Gasteiger partial charge in [-0.15, -0.1) is 0 Å². The van der Waals surface area contributed by atoms with Crippen LogP contribution in [0.2, 0.25) is 0 Å². The molecule has 0 unspecified atom stereocenters. The largest absolute Gasteiger partial charge is 0.480 e. The molecule has 0 bridgehead atoms. The number of hydrogen-bond acceptors (Lipinski definition) is 5. The molecule has 0 aliphatic heterocycles. The Bertz CT molecular complexity index is 774. The van der Waals surface area contributed by atoms with E-state index in [-0.39, 0.29) is 0 Å². The number of aryl methyl sites for hydroxylation is 1. The highest BCUT2D eigenvalue weighted by Gasteiger charge is 2.32. The number of pyridine rings is 1. The van der Waals surface area contributed by atoms with E-state index in [1.807, 2.05) is 0 Å². The lowest BCUT2D eigenvalue weighted by molar-refractivity contribution is -0.143. The maximum absolute atomic E-state index is 12.6. The van der Waals surface area contributed by atoms with Crippen LogP contribution >= 0.6 is 0 Å². The predicted molar refractivity (Wildman–Crippen MR) is 77.7 cm³/mol. The molecule has 2 N–H and O–H groups in total. The molecule has 0 spiro atoms. The van der Waals surface area contributed by atoms with E-state index in [4.69, 9.17) is 9.63 Å². The van der Waals surface area contributed by atoms with Crippen molar-refractivity contribution in [1.29, 1.82) is 0 Å². The summed E-state index contributed by atoms with van der Waals surface area (Å²) in [6.07, 6.45) is 2.07. The summed E-state index contributed by atoms with van der Waals surface area (Å²) in [6.45, 7) is 4.60. The van der Waals surface area contributed by atoms with Crippen molar-refractivity contribution in [2.75, 3.05) is 0 Å². The third-order valence-electron chi connectivity index (χ3n) is 3.84. The normalized spacial score (nSPS) is 15.0. The summed E-state index contributed by atoms with van der Waals surface area (Å²) >= 11 is 0. The summed E-state index contributed by atoms with van der Waals surface area (Å²) < 4.78 is 5.18. The van der Waals surface area contributed by atoms with Gasteiger partial charge < -0.3 is 14.9 Å². The average Bonchev–Trinajstić information content (AvgIpc) is 3.22. The quantitative estimate of drug-likeness (QED) is 0.895. The van der Waals surface area contributed by atoms with E-state index in [0.717, 1.165) is 18.5 Å². The molecule has 3 rings (SSSR count). The molecule has 0 saturated heterocycles. The number of aromatic nitrogens is 2. The zero-order valence-electron chi connectivity index (χ0n) is 12.6. The number of nitrogens with zero attached hydrogens (tertiary/aromatic N) is 2. The number of carboxylic acid groups (broad SMARTS) is 1. The van der Waals surface area contributed by atoms with Crippen LogP contribution < -0.4 is 5.32 Å². The topological polar surface area (TPSA) is 105 Å². The summed E-state index contributed by atoms with van der Waals surface area (Å²) in [6, 6.07) is 1.72. The Morgan fingerprint density at radius 3 is 2.68 bits per heavy atom. The maximum atomic E-state index is 12.6. The minimum atomic E-state index is -1.36. The SMILES string of the molecule is Cc1noc2nc(C3CC3)cc(C(=O)NC(C)(C)C(=O)O)c12. The Kier molecular flexibility index (Phi) is 3.16. The number of nitrogens with one attached hydrogen (secondary N) is 1. The lowest BCUT2D eigenvalue weighted by Crippen LogP contribution is -2.49. The highest BCUT2D eigenvalue weighted by atomic mass is 16.5. The van der Waals surface area contributed by atoms with Gasteiger partial charge in [0.2, 0.25) is 0 Å². The molecule has 2 aromatic heterocycles. The van der Waals surface area contributed by atoms with Crippen molar-refractivity contribution in [3.05, 3.63) is 23.0 Å². The third-order valence-corrected chi connectivity index (χ3v) is 3.84. The summed E-state index contributed by atoms with van der Waals surface area (Å²) in [5, 5.41) is 16.1. The second kappa shape index (κ2) is 4.79. The first-order valence-electron chi connectivity index (χ1n) is 7.12. The number of hydrogen-bond donors (Lipinski definition) is 2. The van der Waals surface area contributed by atoms with Crippen LogP contribution in [-0.4, -0.2) is 32.7 Å². The number of carboxylic acids is 1. The van der Waals surface area contributed by atoms with Gasteiger partial charge in [-0.25, -0.2) is 9.78 Å². The second-order valence-corrected chi connectivity index (χ2v) is 6.20. The second-order valence-electron chi connectivity index (χ2n) is 6.20. The molecule has 0 aromatic carbocycles. The molecule has 116 valence electrons. The van der Waals surface area contributed by atoms with E-state index in [0.29, 0.717) is 28.3 Å². The molecular weight excluding hydrogens is 286 g/mol. The molecule has 1 saturated carbocycles. The Labute approximate surface area is 126 Å². The van der Waals surface area contributed by atoms with Crippen molar-refractivity contribution in [3.8, 4) is 0 Å². The first-order chi connectivity index (χ1) is 10.3. The van der Waals surface area contributed by atoms with Gasteiger partial charge >= 0.3 is 5.97 Å². The molecule has 1 aliphatic carbocycles. The number of amides is 1. The van der Waals surface area contributed by atoms with E-state index in [1.54, 1.807) is 13.0 Å². The molecule has 1 aliphatic rings. The smallest absolute Gasteiger partial charge is 0.328 e. The van der Waals surface area contributed by atoms with Crippen molar-refractivity contribution in [2.45, 2.75) is 45.1 Å². The first kappa shape index (κ1) is 14.5. The Morgan fingerprint density at radius 2 is 2.09 bits per heavy atom. The van der Waals surface area contributed by atoms with Crippen molar-refractivity contribution in [1.82, 2.24) is 15.5 Å². The van der Waals surface area contributed by atoms with E-state index < -0.39 is 17.4 Å². The number of rotatable bonds is 4. The van der Waals surface area contributed by atoms with Crippen molar-refractivity contribution < 1.29 is 19.2 Å². The maximum Gasteiger partial charge on any atom is 0.328 e. The predicted octanol–water partition coefficient (Wildman–Crippen LogP) is 2.00. The van der Waals surface area contributed by atoms with E-state index in [2.05, 4.69) is 15.5 Å². The Hall–Kier alpha value is -2.44. The van der Waals surface area contributed by atoms with Gasteiger partial charge in [0.25, 0.3) is 11.6 Å². The minimum absolute atomic E-state index is 0.320. The zero-order chi connectivity index (χ0) is 16.1. The zero-order valence-corrected chi connectivity index (χ0v) is 12.6. The van der Waals surface area contributed by atoms with Gasteiger partial charge in [0, 0.05) is 11.6 Å². The number of carbonyl (C=O) groups excluding carboxylic acids is 1. The van der Waals surface area contributed by atoms with Gasteiger partial charge in [-0.05, 0) is 39.7 Å². The van der Waals surface area contributed by atoms with Gasteiger partial charge in [-0.2, -0.15) is 0 Å². The van der Waals surface area contributed by atoms with Crippen LogP contribution in [0.4, 0.5) is 0 Å². The lowest BCUT2D eigenvalue weighted by Gasteiger charge is -2.21. The molecule has 22 heavy (non-hydrogen) atoms. The van der Waals surface area contributed by atoms with Crippen molar-refractivity contribution in [3.63, 3.8) is 0 Å². The van der Waals surface area contributed by atoms with Gasteiger partial charge in [0.05, 0.1) is 16.6 Å². The van der Waals surface area contributed by atoms with E-state index >= 15 is 0 Å². The number of fused-ring (bicyclic) bond motifs is 1. The Morgan fingerprint density at radius 1 is 1.41 bits per heavy atom. The van der Waals surface area contributed by atoms with Crippen LogP contribution in [0, 0.1) is 6.92 Å². The van der Waals surface area contributed by atoms with Crippen LogP contribution in [0.5, 0.6) is 0 Å². The van der Waals surface area contributed by atoms with Gasteiger partial charge in [0.15, 0.2) is 0 Å². The first-order valence-corrected chi connectivity index (χ1v) is 7.12. The van der Waals surface area contributed by atoms with Crippen LogP contribution in [0.25, 0.3) is 11.1 Å². The molecule has 1 fully saturated rings. The van der Waals surface area contributed by atoms with Gasteiger partial charge in [-0.3, -0.25) is 4.79 Å². The van der Waals surface area contributed by atoms with Gasteiger partial charge in [0.1, 0.15) is 5.54 Å². The standard InChI is InChI=1S/C15H17N3O4/c1-7-11-9(12(19)17-15(2,3)14(20)21)6-10(8-4-5-8)16-13(11)22-18-7/h6,8H,4-5H2,1-3H3,(H,17,19)(H,20,21). The van der Waals surface area contributed by atoms with Crippen LogP contribution in [0.15, 0.2) is 10.6 Å². The lowest BCUT2D eigenvalue weighted by atomic mass is 10.0. The number of aliphatic carboxylic acids is 1. The minimum Gasteiger partial charge on any atom is -0.480 e. The summed E-state index contributed by atoms with van der Waals surface area (Å²) in [5.74, 6) is -1.22. The third kappa shape index (κ3) is 2.43. The van der Waals surface area contributed by atoms with E-state index in [1.165, 1.54) is 13.8 Å². The molecule has 0 radical (unpaired) electrons. The summed E-state index contributed by atoms with van der Waals surface area (Å²) in [4.78, 5) is 28.2. The highest BCUT2D eigenvalue weighted by molar-refractivity contribution is 6.07. The summed E-state index contributed by atoms with van der Waals surface area (Å²) in [7, 11) is 0. The molecular formula is C15H17N3O4. The molecule has 7 heteroatoms. The fourth-order valence-corrected chi connectivity index (χ4v) is 2.29. The fraction of sp³-hybridized carbons (Fsp3) is 0.467. The monoisotopic (exact) mass is 303 g/mol. The molecule has 0 atom stereocenters. The van der Waals surface area contributed by atoms with Crippen LogP contribution in [-0.2, 0) is 4.79 Å². The Balaban J connectivity index is 2.06. The number of carbonyl (C=O) groups is 2. The van der Waals surface area contributed by atoms with Gasteiger partial charge in [-0.1, -0.05) is 5.16 Å². The molecule has 2 heterocycles. The average molecular weight is 303 g/mol. The highest BCUT2D eigenvalue weighted by Crippen LogP contribution is 2.40. The van der Waals surface area contributed by atoms with Crippen LogP contribution in [0.1, 0.15) is 54.4 Å².